The van der Waals surface area contributed by atoms with Crippen LogP contribution in [0.5, 0.6) is 6.01 Å². The summed E-state index contributed by atoms with van der Waals surface area (Å²) in [6.45, 7) is 0.674. The summed E-state index contributed by atoms with van der Waals surface area (Å²) < 4.78 is 11.9. The Labute approximate surface area is 131 Å². The minimum atomic E-state index is -0.592. The van der Waals surface area contributed by atoms with E-state index < -0.39 is 11.0 Å². The first-order chi connectivity index (χ1) is 11.1. The molecule has 1 aromatic heterocycles. The summed E-state index contributed by atoms with van der Waals surface area (Å²) in [5.74, 6) is -0.285. The summed E-state index contributed by atoms with van der Waals surface area (Å²) in [6.07, 6.45) is 0.707. The number of nitrogens with one attached hydrogen (secondary N) is 1. The van der Waals surface area contributed by atoms with Crippen LogP contribution in [0.1, 0.15) is 5.56 Å². The van der Waals surface area contributed by atoms with Gasteiger partial charge in [0, 0.05) is 4.98 Å². The largest absolute Gasteiger partial charge is 0.445 e. The van der Waals surface area contributed by atoms with E-state index in [4.69, 9.17) is 9.47 Å². The van der Waals surface area contributed by atoms with Crippen molar-refractivity contribution >= 4 is 11.9 Å². The second kappa shape index (κ2) is 6.34. The molecule has 1 amide bonds. The molecular formula is C14H14N4O5. The third-order valence-electron chi connectivity index (χ3n) is 3.28. The molecule has 0 saturated heterocycles. The summed E-state index contributed by atoms with van der Waals surface area (Å²) in [7, 11) is 0. The van der Waals surface area contributed by atoms with E-state index in [0.717, 1.165) is 5.56 Å². The van der Waals surface area contributed by atoms with Gasteiger partial charge in [-0.2, -0.15) is 0 Å². The lowest BCUT2D eigenvalue weighted by atomic mass is 10.2. The predicted octanol–water partition coefficient (Wildman–Crippen LogP) is 1.48. The minimum Gasteiger partial charge on any atom is -0.445 e. The maximum absolute atomic E-state index is 11.8. The lowest BCUT2D eigenvalue weighted by molar-refractivity contribution is -0.389. The van der Waals surface area contributed by atoms with Crippen LogP contribution in [0.4, 0.5) is 10.6 Å². The number of nitro groups is 1. The first kappa shape index (κ1) is 14.8. The van der Waals surface area contributed by atoms with E-state index in [9.17, 15) is 14.9 Å². The van der Waals surface area contributed by atoms with Crippen molar-refractivity contribution in [3.05, 3.63) is 52.2 Å². The summed E-state index contributed by atoms with van der Waals surface area (Å²) in [5, 5.41) is 13.3. The smallest absolute Gasteiger partial charge is 0.414 e. The van der Waals surface area contributed by atoms with Crippen LogP contribution in [0.15, 0.2) is 36.5 Å². The van der Waals surface area contributed by atoms with Gasteiger partial charge < -0.3 is 24.9 Å². The van der Waals surface area contributed by atoms with Crippen molar-refractivity contribution in [1.29, 1.82) is 0 Å². The number of carbonyl (C=O) groups is 1. The highest BCUT2D eigenvalue weighted by atomic mass is 16.6. The molecule has 1 N–H and O–H groups in total. The number of ether oxygens (including phenoxy) is 2. The van der Waals surface area contributed by atoms with Gasteiger partial charge in [0.25, 0.3) is 0 Å². The van der Waals surface area contributed by atoms with Crippen LogP contribution in [-0.2, 0) is 17.9 Å². The zero-order valence-electron chi connectivity index (χ0n) is 12.0. The van der Waals surface area contributed by atoms with Gasteiger partial charge in [-0.15, -0.1) is 0 Å². The Balaban J connectivity index is 1.52. The van der Waals surface area contributed by atoms with Gasteiger partial charge in [0.05, 0.1) is 12.6 Å². The van der Waals surface area contributed by atoms with Crippen molar-refractivity contribution < 1.29 is 19.2 Å². The molecule has 0 bridgehead atoms. The molecule has 0 aliphatic carbocycles. The topological polar surface area (TPSA) is 109 Å². The minimum absolute atomic E-state index is 0.169. The van der Waals surface area contributed by atoms with Crippen LogP contribution in [0.25, 0.3) is 0 Å². The summed E-state index contributed by atoms with van der Waals surface area (Å²) in [6, 6.07) is 9.14. The van der Waals surface area contributed by atoms with E-state index >= 15 is 0 Å². The van der Waals surface area contributed by atoms with E-state index in [0.29, 0.717) is 6.54 Å². The van der Waals surface area contributed by atoms with Crippen LogP contribution in [0, 0.1) is 10.1 Å². The number of fused-ring (bicyclic) bond motifs is 1. The SMILES string of the molecule is O=C(NC1COc2nc([N+](=O)[O-])cn2C1)OCc1ccccc1. The molecule has 0 spiro atoms. The summed E-state index contributed by atoms with van der Waals surface area (Å²) in [4.78, 5) is 25.6. The monoisotopic (exact) mass is 318 g/mol. The van der Waals surface area contributed by atoms with E-state index in [-0.39, 0.29) is 31.1 Å². The predicted molar refractivity (Wildman–Crippen MR) is 77.9 cm³/mol. The third kappa shape index (κ3) is 3.57. The molecule has 0 radical (unpaired) electrons. The quantitative estimate of drug-likeness (QED) is 0.675. The Morgan fingerprint density at radius 2 is 2.26 bits per heavy atom. The fourth-order valence-electron chi connectivity index (χ4n) is 2.20. The second-order valence-electron chi connectivity index (χ2n) is 5.01. The number of nitrogens with zero attached hydrogens (tertiary/aromatic N) is 3. The molecular weight excluding hydrogens is 304 g/mol. The molecule has 2 aromatic rings. The number of rotatable bonds is 4. The molecule has 0 fully saturated rings. The average molecular weight is 318 g/mol. The zero-order chi connectivity index (χ0) is 16.2. The van der Waals surface area contributed by atoms with E-state index in [1.165, 1.54) is 10.8 Å². The number of carbonyl (C=O) groups excluding carboxylic acids is 1. The number of aromatic nitrogens is 2. The van der Waals surface area contributed by atoms with Crippen molar-refractivity contribution in [3.8, 4) is 6.01 Å². The van der Waals surface area contributed by atoms with Crippen LogP contribution in [0.2, 0.25) is 0 Å². The standard InChI is InChI=1S/C14H14N4O5/c19-14(23-8-10-4-2-1-3-5-10)15-11-6-17-7-12(18(20)21)16-13(17)22-9-11/h1-5,7,11H,6,8-9H2,(H,15,19). The van der Waals surface area contributed by atoms with Gasteiger partial charge in [0.15, 0.2) is 0 Å². The molecule has 1 unspecified atom stereocenters. The van der Waals surface area contributed by atoms with Crippen LogP contribution in [-0.4, -0.2) is 33.2 Å². The fourth-order valence-corrected chi connectivity index (χ4v) is 2.20. The van der Waals surface area contributed by atoms with Crippen LogP contribution in [0.3, 0.4) is 0 Å². The Morgan fingerprint density at radius 1 is 1.48 bits per heavy atom. The van der Waals surface area contributed by atoms with Crippen molar-refractivity contribution in [2.24, 2.45) is 0 Å². The van der Waals surface area contributed by atoms with Crippen LogP contribution >= 0.6 is 0 Å². The van der Waals surface area contributed by atoms with Crippen molar-refractivity contribution in [2.75, 3.05) is 6.61 Å². The molecule has 2 heterocycles. The Hall–Kier alpha value is -3.10. The molecule has 1 aliphatic heterocycles. The number of imidazole rings is 1. The lowest BCUT2D eigenvalue weighted by Crippen LogP contribution is -2.44. The third-order valence-corrected chi connectivity index (χ3v) is 3.28. The number of alkyl carbamates (subject to hydrolysis) is 1. The number of hydrogen-bond donors (Lipinski definition) is 1. The molecule has 23 heavy (non-hydrogen) atoms. The maximum atomic E-state index is 11.8. The van der Waals surface area contributed by atoms with Gasteiger partial charge in [-0.1, -0.05) is 30.3 Å². The van der Waals surface area contributed by atoms with Gasteiger partial charge in [-0.3, -0.25) is 4.57 Å². The number of hydrogen-bond acceptors (Lipinski definition) is 6. The molecule has 1 atom stereocenters. The molecule has 120 valence electrons. The highest BCUT2D eigenvalue weighted by Gasteiger charge is 2.28. The fraction of sp³-hybridized carbons (Fsp3) is 0.286. The summed E-state index contributed by atoms with van der Waals surface area (Å²) >= 11 is 0. The van der Waals surface area contributed by atoms with E-state index in [2.05, 4.69) is 10.3 Å². The van der Waals surface area contributed by atoms with Crippen molar-refractivity contribution in [1.82, 2.24) is 14.9 Å². The van der Waals surface area contributed by atoms with Crippen molar-refractivity contribution in [3.63, 3.8) is 0 Å². The molecule has 0 saturated carbocycles. The maximum Gasteiger partial charge on any atom is 0.414 e. The second-order valence-corrected chi connectivity index (χ2v) is 5.01. The first-order valence-corrected chi connectivity index (χ1v) is 6.93. The highest BCUT2D eigenvalue weighted by molar-refractivity contribution is 5.67. The Bertz CT molecular complexity index is 715. The Kier molecular flexibility index (Phi) is 4.09. The van der Waals surface area contributed by atoms with Gasteiger partial charge in [-0.05, 0) is 10.5 Å². The zero-order valence-corrected chi connectivity index (χ0v) is 12.0. The van der Waals surface area contributed by atoms with Crippen LogP contribution < -0.4 is 10.1 Å². The van der Waals surface area contributed by atoms with Crippen molar-refractivity contribution in [2.45, 2.75) is 19.2 Å². The molecule has 1 aliphatic rings. The lowest BCUT2D eigenvalue weighted by Gasteiger charge is -2.22. The normalized spacial score (nSPS) is 16.1. The van der Waals surface area contributed by atoms with E-state index in [1.807, 2.05) is 30.3 Å². The average Bonchev–Trinajstić information content (AvgIpc) is 2.97. The number of amides is 1. The first-order valence-electron chi connectivity index (χ1n) is 6.93. The number of benzene rings is 1. The van der Waals surface area contributed by atoms with Gasteiger partial charge in [0.2, 0.25) is 0 Å². The van der Waals surface area contributed by atoms with Gasteiger partial charge in [-0.25, -0.2) is 4.79 Å². The Morgan fingerprint density at radius 3 is 3.00 bits per heavy atom. The molecule has 9 nitrogen and oxygen atoms in total. The summed E-state index contributed by atoms with van der Waals surface area (Å²) in [5.41, 5.74) is 0.884. The van der Waals surface area contributed by atoms with E-state index in [1.54, 1.807) is 0 Å². The highest BCUT2D eigenvalue weighted by Crippen LogP contribution is 2.21. The molecule has 1 aromatic carbocycles. The van der Waals surface area contributed by atoms with Gasteiger partial charge in [0.1, 0.15) is 19.4 Å². The molecule has 9 heteroatoms. The van der Waals surface area contributed by atoms with Gasteiger partial charge >= 0.3 is 17.9 Å². The molecule has 3 rings (SSSR count).